The first-order valence-corrected chi connectivity index (χ1v) is 7.37. The molecule has 24 heavy (non-hydrogen) atoms. The monoisotopic (exact) mass is 343 g/mol. The van der Waals surface area contributed by atoms with Crippen LogP contribution in [0, 0.1) is 17.6 Å². The van der Waals surface area contributed by atoms with Crippen molar-refractivity contribution in [3.05, 3.63) is 35.4 Å². The molecule has 0 spiro atoms. The van der Waals surface area contributed by atoms with Crippen molar-refractivity contribution in [3.8, 4) is 0 Å². The molecular formula is C16H19F2NO5. The minimum Gasteiger partial charge on any atom is -0.480 e. The summed E-state index contributed by atoms with van der Waals surface area (Å²) >= 11 is 0. The van der Waals surface area contributed by atoms with E-state index in [1.165, 1.54) is 6.92 Å². The molecular weight excluding hydrogens is 324 g/mol. The maximum atomic E-state index is 13.5. The van der Waals surface area contributed by atoms with Crippen LogP contribution in [-0.4, -0.2) is 35.6 Å². The Kier molecular flexibility index (Phi) is 7.29. The number of esters is 1. The molecule has 0 aliphatic carbocycles. The third-order valence-corrected chi connectivity index (χ3v) is 3.28. The molecule has 0 bridgehead atoms. The fourth-order valence-electron chi connectivity index (χ4n) is 2.04. The molecule has 0 saturated carbocycles. The molecule has 6 nitrogen and oxygen atoms in total. The Morgan fingerprint density at radius 3 is 2.50 bits per heavy atom. The Morgan fingerprint density at radius 2 is 1.96 bits per heavy atom. The predicted octanol–water partition coefficient (Wildman–Crippen LogP) is 1.67. The van der Waals surface area contributed by atoms with Crippen LogP contribution < -0.4 is 5.32 Å². The van der Waals surface area contributed by atoms with Crippen LogP contribution in [0.15, 0.2) is 18.2 Å². The molecule has 0 heterocycles. The Labute approximate surface area is 137 Å². The summed E-state index contributed by atoms with van der Waals surface area (Å²) in [6.07, 6.45) is -0.602. The van der Waals surface area contributed by atoms with E-state index in [0.29, 0.717) is 6.07 Å². The van der Waals surface area contributed by atoms with Gasteiger partial charge < -0.3 is 15.2 Å². The molecule has 2 atom stereocenters. The van der Waals surface area contributed by atoms with Gasteiger partial charge in [0.25, 0.3) is 0 Å². The van der Waals surface area contributed by atoms with E-state index in [2.05, 4.69) is 5.32 Å². The summed E-state index contributed by atoms with van der Waals surface area (Å²) in [6, 6.07) is 1.44. The maximum absolute atomic E-state index is 13.5. The molecule has 0 fully saturated rings. The number of carboxylic acid groups (broad SMARTS) is 1. The zero-order chi connectivity index (χ0) is 18.3. The van der Waals surface area contributed by atoms with Gasteiger partial charge >= 0.3 is 11.9 Å². The summed E-state index contributed by atoms with van der Waals surface area (Å²) in [7, 11) is 0. The largest absolute Gasteiger partial charge is 0.480 e. The molecule has 1 aromatic rings. The maximum Gasteiger partial charge on any atom is 0.326 e. The van der Waals surface area contributed by atoms with Crippen LogP contribution >= 0.6 is 0 Å². The number of carbonyl (C=O) groups excluding carboxylic acids is 2. The first-order chi connectivity index (χ1) is 11.2. The zero-order valence-electron chi connectivity index (χ0n) is 13.3. The van der Waals surface area contributed by atoms with Crippen LogP contribution in [0.5, 0.6) is 0 Å². The Hall–Kier alpha value is -2.51. The third kappa shape index (κ3) is 5.94. The van der Waals surface area contributed by atoms with Crippen molar-refractivity contribution < 1.29 is 33.0 Å². The fourth-order valence-corrected chi connectivity index (χ4v) is 2.04. The number of carboxylic acids is 1. The van der Waals surface area contributed by atoms with Crippen LogP contribution in [-0.2, 0) is 25.5 Å². The van der Waals surface area contributed by atoms with Crippen molar-refractivity contribution >= 4 is 17.8 Å². The van der Waals surface area contributed by atoms with E-state index < -0.39 is 47.9 Å². The van der Waals surface area contributed by atoms with Gasteiger partial charge in [0, 0.05) is 6.07 Å². The summed E-state index contributed by atoms with van der Waals surface area (Å²) in [6.45, 7) is 3.27. The smallest absolute Gasteiger partial charge is 0.326 e. The highest BCUT2D eigenvalue weighted by Crippen LogP contribution is 2.12. The first-order valence-electron chi connectivity index (χ1n) is 7.37. The lowest BCUT2D eigenvalue weighted by Crippen LogP contribution is -2.43. The van der Waals surface area contributed by atoms with Crippen molar-refractivity contribution in [1.29, 1.82) is 0 Å². The number of halogens is 2. The van der Waals surface area contributed by atoms with Crippen molar-refractivity contribution in [3.63, 3.8) is 0 Å². The van der Waals surface area contributed by atoms with E-state index in [9.17, 15) is 23.2 Å². The number of rotatable bonds is 8. The molecule has 2 N–H and O–H groups in total. The van der Waals surface area contributed by atoms with E-state index in [0.717, 1.165) is 12.1 Å². The van der Waals surface area contributed by atoms with Gasteiger partial charge in [0.15, 0.2) is 0 Å². The molecule has 132 valence electrons. The van der Waals surface area contributed by atoms with Crippen molar-refractivity contribution in [2.75, 3.05) is 6.61 Å². The van der Waals surface area contributed by atoms with E-state index in [4.69, 9.17) is 9.84 Å². The molecule has 0 radical (unpaired) electrons. The van der Waals surface area contributed by atoms with Gasteiger partial charge in [-0.3, -0.25) is 9.59 Å². The number of benzene rings is 1. The number of nitrogens with one attached hydrogen (secondary N) is 1. The quantitative estimate of drug-likeness (QED) is 0.701. The van der Waals surface area contributed by atoms with E-state index in [1.807, 2.05) is 0 Å². The summed E-state index contributed by atoms with van der Waals surface area (Å²) in [5.74, 6) is -5.03. The van der Waals surface area contributed by atoms with Gasteiger partial charge in [0.2, 0.25) is 5.91 Å². The highest BCUT2D eigenvalue weighted by Gasteiger charge is 2.26. The summed E-state index contributed by atoms with van der Waals surface area (Å²) in [5, 5.41) is 11.4. The van der Waals surface area contributed by atoms with E-state index in [-0.39, 0.29) is 18.6 Å². The highest BCUT2D eigenvalue weighted by molar-refractivity contribution is 5.85. The van der Waals surface area contributed by atoms with Gasteiger partial charge in [0.05, 0.1) is 18.9 Å². The second-order valence-corrected chi connectivity index (χ2v) is 5.26. The Morgan fingerprint density at radius 1 is 1.29 bits per heavy atom. The Bertz CT molecular complexity index is 620. The van der Waals surface area contributed by atoms with Gasteiger partial charge in [-0.25, -0.2) is 13.6 Å². The molecule has 0 aromatic heterocycles. The van der Waals surface area contributed by atoms with Crippen LogP contribution in [0.4, 0.5) is 8.78 Å². The molecule has 1 aromatic carbocycles. The van der Waals surface area contributed by atoms with Crippen LogP contribution in [0.2, 0.25) is 0 Å². The van der Waals surface area contributed by atoms with Crippen LogP contribution in [0.3, 0.4) is 0 Å². The molecule has 0 aliphatic heterocycles. The van der Waals surface area contributed by atoms with E-state index >= 15 is 0 Å². The Balaban J connectivity index is 2.69. The molecule has 0 unspecified atom stereocenters. The van der Waals surface area contributed by atoms with Crippen molar-refractivity contribution in [1.82, 2.24) is 5.32 Å². The molecule has 0 aliphatic rings. The average molecular weight is 343 g/mol. The van der Waals surface area contributed by atoms with E-state index in [1.54, 1.807) is 6.92 Å². The number of carbonyl (C=O) groups is 3. The SMILES string of the molecule is CCOC(=O)[C@@H](C)C[C@H](NC(=O)Cc1ccc(F)cc1F)C(=O)O. The normalized spacial score (nSPS) is 13.0. The van der Waals surface area contributed by atoms with Gasteiger partial charge in [-0.2, -0.15) is 0 Å². The fraction of sp³-hybridized carbons (Fsp3) is 0.438. The standard InChI is InChI=1S/C16H19F2NO5/c1-3-24-16(23)9(2)6-13(15(21)22)19-14(20)7-10-4-5-11(17)8-12(10)18/h4-5,8-9,13H,3,6-7H2,1-2H3,(H,19,20)(H,21,22)/t9-,13-/m0/s1. The third-order valence-electron chi connectivity index (χ3n) is 3.28. The highest BCUT2D eigenvalue weighted by atomic mass is 19.1. The van der Waals surface area contributed by atoms with Gasteiger partial charge in [-0.1, -0.05) is 13.0 Å². The minimum atomic E-state index is -1.32. The molecule has 1 amide bonds. The summed E-state index contributed by atoms with van der Waals surface area (Å²) in [5.41, 5.74) is -0.0588. The van der Waals surface area contributed by atoms with Crippen molar-refractivity contribution in [2.45, 2.75) is 32.7 Å². The molecule has 0 saturated heterocycles. The lowest BCUT2D eigenvalue weighted by Gasteiger charge is -2.18. The number of ether oxygens (including phenoxy) is 1. The van der Waals surface area contributed by atoms with Gasteiger partial charge in [0.1, 0.15) is 17.7 Å². The predicted molar refractivity (Wildman–Crippen MR) is 80.0 cm³/mol. The van der Waals surface area contributed by atoms with Crippen molar-refractivity contribution in [2.24, 2.45) is 5.92 Å². The number of amides is 1. The van der Waals surface area contributed by atoms with Crippen LogP contribution in [0.25, 0.3) is 0 Å². The summed E-state index contributed by atoms with van der Waals surface area (Å²) in [4.78, 5) is 34.7. The lowest BCUT2D eigenvalue weighted by molar-refractivity contribution is -0.149. The second-order valence-electron chi connectivity index (χ2n) is 5.26. The average Bonchev–Trinajstić information content (AvgIpc) is 2.49. The lowest BCUT2D eigenvalue weighted by atomic mass is 10.0. The van der Waals surface area contributed by atoms with Gasteiger partial charge in [-0.05, 0) is 25.0 Å². The second kappa shape index (κ2) is 8.95. The number of hydrogen-bond acceptors (Lipinski definition) is 4. The summed E-state index contributed by atoms with van der Waals surface area (Å²) < 4.78 is 31.1. The molecule has 8 heteroatoms. The first kappa shape index (κ1) is 19.5. The van der Waals surface area contributed by atoms with Gasteiger partial charge in [-0.15, -0.1) is 0 Å². The zero-order valence-corrected chi connectivity index (χ0v) is 13.3. The topological polar surface area (TPSA) is 92.7 Å². The molecule has 1 rings (SSSR count). The minimum absolute atomic E-state index is 0.0588. The van der Waals surface area contributed by atoms with Crippen LogP contribution in [0.1, 0.15) is 25.8 Å². The number of hydrogen-bond donors (Lipinski definition) is 2. The number of aliphatic carboxylic acids is 1.